The monoisotopic (exact) mass is 122 g/mol. The van der Waals surface area contributed by atoms with E-state index in [-0.39, 0.29) is 5.50 Å². The van der Waals surface area contributed by atoms with Crippen molar-refractivity contribution in [1.29, 1.82) is 0 Å². The van der Waals surface area contributed by atoms with Crippen molar-refractivity contribution in [3.63, 3.8) is 0 Å². The van der Waals surface area contributed by atoms with Gasteiger partial charge >= 0.3 is 0 Å². The van der Waals surface area contributed by atoms with Gasteiger partial charge in [-0.05, 0) is 14.1 Å². The van der Waals surface area contributed by atoms with Crippen LogP contribution in [-0.2, 0) is 0 Å². The van der Waals surface area contributed by atoms with Crippen LogP contribution in [0.25, 0.3) is 0 Å². The fourth-order valence-electron chi connectivity index (χ4n) is 0.281. The molecular weight excluding hydrogens is 112 g/mol. The summed E-state index contributed by atoms with van der Waals surface area (Å²) in [6.45, 7) is 0.804. The van der Waals surface area contributed by atoms with Crippen molar-refractivity contribution in [1.82, 2.24) is 10.6 Å². The molecule has 7 heavy (non-hydrogen) atoms. The first-order chi connectivity index (χ1) is 3.31. The molecule has 44 valence electrons. The second kappa shape index (κ2) is 4.37. The Morgan fingerprint density at radius 3 is 2.29 bits per heavy atom. The number of alkyl halides is 1. The topological polar surface area (TPSA) is 24.1 Å². The summed E-state index contributed by atoms with van der Waals surface area (Å²) < 4.78 is 0. The second-order valence-electron chi connectivity index (χ2n) is 1.31. The molecule has 0 aromatic rings. The van der Waals surface area contributed by atoms with Crippen LogP contribution in [0.3, 0.4) is 0 Å². The van der Waals surface area contributed by atoms with Crippen LogP contribution in [0.2, 0.25) is 0 Å². The van der Waals surface area contributed by atoms with E-state index in [1.54, 1.807) is 0 Å². The van der Waals surface area contributed by atoms with Crippen molar-refractivity contribution in [2.24, 2.45) is 0 Å². The number of rotatable bonds is 3. The van der Waals surface area contributed by atoms with Crippen molar-refractivity contribution in [2.45, 2.75) is 5.50 Å². The zero-order valence-electron chi connectivity index (χ0n) is 4.66. The van der Waals surface area contributed by atoms with Crippen molar-refractivity contribution >= 4 is 11.6 Å². The third kappa shape index (κ3) is 4.05. The van der Waals surface area contributed by atoms with Gasteiger partial charge in [-0.2, -0.15) is 0 Å². The quantitative estimate of drug-likeness (QED) is 0.407. The molecule has 0 bridgehead atoms. The number of hydrogen-bond donors (Lipinski definition) is 2. The molecule has 0 saturated heterocycles. The van der Waals surface area contributed by atoms with E-state index >= 15 is 0 Å². The molecule has 0 spiro atoms. The Hall–Kier alpha value is 0.210. The minimum absolute atomic E-state index is 0.0602. The Kier molecular flexibility index (Phi) is 4.50. The predicted octanol–water partition coefficient (Wildman–Crippen LogP) is -0.00990. The summed E-state index contributed by atoms with van der Waals surface area (Å²) in [5, 5.41) is 5.79. The average Bonchev–Trinajstić information content (AvgIpc) is 1.68. The lowest BCUT2D eigenvalue weighted by Gasteiger charge is -2.03. The molecule has 2 nitrogen and oxygen atoms in total. The van der Waals surface area contributed by atoms with Gasteiger partial charge in [-0.1, -0.05) is 0 Å². The molecule has 0 saturated carbocycles. The van der Waals surface area contributed by atoms with Gasteiger partial charge < -0.3 is 10.6 Å². The summed E-state index contributed by atoms with van der Waals surface area (Å²) in [7, 11) is 3.70. The van der Waals surface area contributed by atoms with Crippen molar-refractivity contribution in [3.05, 3.63) is 0 Å². The van der Waals surface area contributed by atoms with Crippen LogP contribution in [0.15, 0.2) is 0 Å². The first-order valence-corrected chi connectivity index (χ1v) is 2.71. The first-order valence-electron chi connectivity index (χ1n) is 2.27. The van der Waals surface area contributed by atoms with Gasteiger partial charge in [0.1, 0.15) is 0 Å². The Bertz CT molecular complexity index is 40.7. The van der Waals surface area contributed by atoms with Crippen LogP contribution in [-0.4, -0.2) is 26.1 Å². The van der Waals surface area contributed by atoms with E-state index in [1.807, 2.05) is 14.1 Å². The van der Waals surface area contributed by atoms with Gasteiger partial charge in [-0.3, -0.25) is 0 Å². The lowest BCUT2D eigenvalue weighted by Crippen LogP contribution is -2.29. The molecule has 0 aliphatic rings. The van der Waals surface area contributed by atoms with Crippen LogP contribution in [0.4, 0.5) is 0 Å². The molecule has 1 unspecified atom stereocenters. The molecule has 1 atom stereocenters. The summed E-state index contributed by atoms with van der Waals surface area (Å²) in [4.78, 5) is 0. The highest BCUT2D eigenvalue weighted by Crippen LogP contribution is 1.82. The third-order valence-corrected chi connectivity index (χ3v) is 1.07. The van der Waals surface area contributed by atoms with Crippen molar-refractivity contribution in [2.75, 3.05) is 20.6 Å². The predicted molar refractivity (Wildman–Crippen MR) is 32.6 cm³/mol. The average molecular weight is 123 g/mol. The molecule has 3 heteroatoms. The van der Waals surface area contributed by atoms with E-state index in [2.05, 4.69) is 10.6 Å². The normalized spacial score (nSPS) is 14.1. The highest BCUT2D eigenvalue weighted by Gasteiger charge is 1.93. The lowest BCUT2D eigenvalue weighted by atomic mass is 10.6. The van der Waals surface area contributed by atoms with Gasteiger partial charge in [-0.15, -0.1) is 11.6 Å². The van der Waals surface area contributed by atoms with Gasteiger partial charge in [0, 0.05) is 6.54 Å². The maximum absolute atomic E-state index is 5.59. The highest BCUT2D eigenvalue weighted by atomic mass is 35.5. The minimum atomic E-state index is 0.0602. The second-order valence-corrected chi connectivity index (χ2v) is 1.84. The van der Waals surface area contributed by atoms with E-state index in [0.29, 0.717) is 0 Å². The van der Waals surface area contributed by atoms with E-state index < -0.39 is 0 Å². The number of halogens is 1. The SMILES string of the molecule is CNCC(Cl)NC. The van der Waals surface area contributed by atoms with Gasteiger partial charge in [0.2, 0.25) is 0 Å². The highest BCUT2D eigenvalue weighted by molar-refractivity contribution is 6.20. The summed E-state index contributed by atoms with van der Waals surface area (Å²) in [6, 6.07) is 0. The van der Waals surface area contributed by atoms with Crippen LogP contribution in [0, 0.1) is 0 Å². The molecule has 0 aliphatic heterocycles. The summed E-state index contributed by atoms with van der Waals surface area (Å²) in [6.07, 6.45) is 0. The van der Waals surface area contributed by atoms with Gasteiger partial charge in [0.05, 0.1) is 5.50 Å². The molecule has 0 aromatic heterocycles. The van der Waals surface area contributed by atoms with Crippen molar-refractivity contribution in [3.8, 4) is 0 Å². The van der Waals surface area contributed by atoms with Gasteiger partial charge in [0.25, 0.3) is 0 Å². The summed E-state index contributed by atoms with van der Waals surface area (Å²) >= 11 is 5.59. The minimum Gasteiger partial charge on any atom is -0.317 e. The Labute approximate surface area is 49.2 Å². The molecular formula is C4H11ClN2. The van der Waals surface area contributed by atoms with Gasteiger partial charge in [-0.25, -0.2) is 0 Å². The Morgan fingerprint density at radius 1 is 1.57 bits per heavy atom. The number of hydrogen-bond acceptors (Lipinski definition) is 2. The smallest absolute Gasteiger partial charge is 0.0949 e. The Morgan fingerprint density at radius 2 is 2.14 bits per heavy atom. The lowest BCUT2D eigenvalue weighted by molar-refractivity contribution is 0.667. The van der Waals surface area contributed by atoms with E-state index in [1.165, 1.54) is 0 Å². The zero-order valence-corrected chi connectivity index (χ0v) is 5.42. The van der Waals surface area contributed by atoms with Crippen LogP contribution >= 0.6 is 11.6 Å². The third-order valence-electron chi connectivity index (χ3n) is 0.697. The molecule has 0 rings (SSSR count). The van der Waals surface area contributed by atoms with Crippen LogP contribution < -0.4 is 10.6 Å². The fourth-order valence-corrected chi connectivity index (χ4v) is 0.436. The van der Waals surface area contributed by atoms with Crippen LogP contribution in [0.1, 0.15) is 0 Å². The fraction of sp³-hybridized carbons (Fsp3) is 1.00. The number of likely N-dealkylation sites (N-methyl/N-ethyl adjacent to an activating group) is 2. The molecule has 0 aromatic carbocycles. The first kappa shape index (κ1) is 7.21. The van der Waals surface area contributed by atoms with Crippen molar-refractivity contribution < 1.29 is 0 Å². The molecule has 0 fully saturated rings. The number of nitrogens with one attached hydrogen (secondary N) is 2. The maximum Gasteiger partial charge on any atom is 0.0949 e. The molecule has 0 radical (unpaired) electrons. The zero-order chi connectivity index (χ0) is 5.70. The molecule has 0 amide bonds. The maximum atomic E-state index is 5.59. The molecule has 0 aliphatic carbocycles. The van der Waals surface area contributed by atoms with E-state index in [9.17, 15) is 0 Å². The summed E-state index contributed by atoms with van der Waals surface area (Å²) in [5.41, 5.74) is 0.0602. The van der Waals surface area contributed by atoms with E-state index in [4.69, 9.17) is 11.6 Å². The summed E-state index contributed by atoms with van der Waals surface area (Å²) in [5.74, 6) is 0. The largest absolute Gasteiger partial charge is 0.317 e. The molecule has 0 heterocycles. The van der Waals surface area contributed by atoms with Gasteiger partial charge in [0.15, 0.2) is 0 Å². The van der Waals surface area contributed by atoms with Crippen LogP contribution in [0.5, 0.6) is 0 Å². The standard InChI is InChI=1S/C4H11ClN2/c1-6-3-4(5)7-2/h4,6-7H,3H2,1-2H3. The Balaban J connectivity index is 2.83. The van der Waals surface area contributed by atoms with E-state index in [0.717, 1.165) is 6.54 Å². The molecule has 2 N–H and O–H groups in total.